The van der Waals surface area contributed by atoms with Gasteiger partial charge >= 0.3 is 12.0 Å². The molecule has 0 spiro atoms. The summed E-state index contributed by atoms with van der Waals surface area (Å²) in [6.45, 7) is 2.47. The average Bonchev–Trinajstić information content (AvgIpc) is 2.35. The van der Waals surface area contributed by atoms with E-state index >= 15 is 0 Å². The monoisotopic (exact) mass is 276 g/mol. The number of aryl methyl sites for hydroxylation is 1. The summed E-state index contributed by atoms with van der Waals surface area (Å²) >= 11 is 0. The van der Waals surface area contributed by atoms with Crippen LogP contribution >= 0.6 is 0 Å². The number of carboxylic acids is 1. The predicted molar refractivity (Wildman–Crippen MR) is 75.4 cm³/mol. The first-order valence-corrected chi connectivity index (χ1v) is 6.75. The maximum absolute atomic E-state index is 12.1. The number of benzene rings is 1. The molecule has 0 bridgehead atoms. The van der Waals surface area contributed by atoms with E-state index in [9.17, 15) is 14.7 Å². The molecule has 1 aliphatic carbocycles. The highest BCUT2D eigenvalue weighted by atomic mass is 16.4. The Kier molecular flexibility index (Phi) is 3.97. The molecule has 2 amide bonds. The number of carboxylic acid groups (broad SMARTS) is 1. The van der Waals surface area contributed by atoms with E-state index in [1.54, 1.807) is 7.05 Å². The number of amides is 2. The molecule has 0 aromatic heterocycles. The van der Waals surface area contributed by atoms with E-state index in [1.165, 1.54) is 10.5 Å². The Hall–Kier alpha value is -2.04. The van der Waals surface area contributed by atoms with Crippen LogP contribution in [-0.2, 0) is 11.3 Å². The molecule has 2 rings (SSSR count). The lowest BCUT2D eigenvalue weighted by atomic mass is 9.77. The Morgan fingerprint density at radius 1 is 1.30 bits per heavy atom. The van der Waals surface area contributed by atoms with Gasteiger partial charge in [0.1, 0.15) is 5.54 Å². The molecular weight excluding hydrogens is 256 g/mol. The van der Waals surface area contributed by atoms with Gasteiger partial charge in [0.25, 0.3) is 0 Å². The third kappa shape index (κ3) is 2.92. The fourth-order valence-electron chi connectivity index (χ4n) is 2.26. The second-order valence-corrected chi connectivity index (χ2v) is 5.51. The van der Waals surface area contributed by atoms with Crippen LogP contribution in [0.2, 0.25) is 0 Å². The van der Waals surface area contributed by atoms with E-state index in [-0.39, 0.29) is 6.03 Å². The number of carbonyl (C=O) groups is 2. The van der Waals surface area contributed by atoms with Gasteiger partial charge in [-0.05, 0) is 31.7 Å². The molecule has 20 heavy (non-hydrogen) atoms. The first-order valence-electron chi connectivity index (χ1n) is 6.75. The molecule has 0 radical (unpaired) electrons. The van der Waals surface area contributed by atoms with Crippen molar-refractivity contribution in [2.24, 2.45) is 0 Å². The van der Waals surface area contributed by atoms with Crippen LogP contribution in [-0.4, -0.2) is 34.6 Å². The average molecular weight is 276 g/mol. The van der Waals surface area contributed by atoms with Crippen molar-refractivity contribution in [2.75, 3.05) is 7.05 Å². The van der Waals surface area contributed by atoms with Crippen molar-refractivity contribution in [3.05, 3.63) is 35.4 Å². The summed E-state index contributed by atoms with van der Waals surface area (Å²) in [6, 6.07) is 7.58. The smallest absolute Gasteiger partial charge is 0.329 e. The van der Waals surface area contributed by atoms with Gasteiger partial charge in [-0.1, -0.05) is 29.8 Å². The summed E-state index contributed by atoms with van der Waals surface area (Å²) in [5.41, 5.74) is 1.13. The number of aliphatic carboxylic acids is 1. The predicted octanol–water partition coefficient (Wildman–Crippen LogP) is 2.14. The molecule has 0 unspecified atom stereocenters. The third-order valence-corrected chi connectivity index (χ3v) is 3.85. The van der Waals surface area contributed by atoms with Gasteiger partial charge in [0.15, 0.2) is 0 Å². The van der Waals surface area contributed by atoms with Gasteiger partial charge in [-0.25, -0.2) is 9.59 Å². The lowest BCUT2D eigenvalue weighted by molar-refractivity contribution is -0.148. The number of hydrogen-bond acceptors (Lipinski definition) is 2. The largest absolute Gasteiger partial charge is 0.480 e. The summed E-state index contributed by atoms with van der Waals surface area (Å²) in [5.74, 6) is -0.944. The quantitative estimate of drug-likeness (QED) is 0.885. The van der Waals surface area contributed by atoms with E-state index in [0.29, 0.717) is 19.4 Å². The van der Waals surface area contributed by atoms with Gasteiger partial charge in [0.05, 0.1) is 0 Å². The van der Waals surface area contributed by atoms with Crippen molar-refractivity contribution in [2.45, 2.75) is 38.3 Å². The van der Waals surface area contributed by atoms with Crippen LogP contribution in [0.1, 0.15) is 30.4 Å². The van der Waals surface area contributed by atoms with Crippen molar-refractivity contribution in [1.82, 2.24) is 10.2 Å². The fraction of sp³-hybridized carbons (Fsp3) is 0.467. The maximum atomic E-state index is 12.1. The van der Waals surface area contributed by atoms with Crippen LogP contribution in [0.3, 0.4) is 0 Å². The third-order valence-electron chi connectivity index (χ3n) is 3.85. The van der Waals surface area contributed by atoms with Crippen molar-refractivity contribution in [3.8, 4) is 0 Å². The van der Waals surface area contributed by atoms with Crippen LogP contribution in [0.15, 0.2) is 24.3 Å². The van der Waals surface area contributed by atoms with Gasteiger partial charge < -0.3 is 15.3 Å². The number of urea groups is 1. The topological polar surface area (TPSA) is 69.6 Å². The second-order valence-electron chi connectivity index (χ2n) is 5.51. The van der Waals surface area contributed by atoms with Crippen molar-refractivity contribution in [1.29, 1.82) is 0 Å². The summed E-state index contributed by atoms with van der Waals surface area (Å²) in [4.78, 5) is 24.8. The van der Waals surface area contributed by atoms with Crippen molar-refractivity contribution in [3.63, 3.8) is 0 Å². The lowest BCUT2D eigenvalue weighted by Crippen LogP contribution is -2.61. The molecule has 108 valence electrons. The van der Waals surface area contributed by atoms with E-state index in [0.717, 1.165) is 12.0 Å². The number of nitrogens with zero attached hydrogens (tertiary/aromatic N) is 1. The Morgan fingerprint density at radius 2 is 1.90 bits per heavy atom. The molecule has 2 N–H and O–H groups in total. The molecule has 0 saturated heterocycles. The van der Waals surface area contributed by atoms with Gasteiger partial charge in [-0.3, -0.25) is 0 Å². The van der Waals surface area contributed by atoms with Crippen molar-refractivity contribution < 1.29 is 14.7 Å². The van der Waals surface area contributed by atoms with Gasteiger partial charge in [0.2, 0.25) is 0 Å². The number of hydrogen-bond donors (Lipinski definition) is 2. The van der Waals surface area contributed by atoms with Gasteiger partial charge in [-0.2, -0.15) is 0 Å². The summed E-state index contributed by atoms with van der Waals surface area (Å²) in [6.07, 6.45) is 1.85. The van der Waals surface area contributed by atoms with E-state index < -0.39 is 11.5 Å². The van der Waals surface area contributed by atoms with Crippen LogP contribution in [0.5, 0.6) is 0 Å². The Bertz CT molecular complexity index is 506. The highest BCUT2D eigenvalue weighted by molar-refractivity contribution is 5.87. The molecule has 1 saturated carbocycles. The minimum atomic E-state index is -1.06. The molecule has 5 nitrogen and oxygen atoms in total. The van der Waals surface area contributed by atoms with E-state index in [1.807, 2.05) is 31.2 Å². The van der Waals surface area contributed by atoms with Crippen LogP contribution in [0.25, 0.3) is 0 Å². The Labute approximate surface area is 118 Å². The SMILES string of the molecule is Cc1ccc(CN(C)C(=O)NC2(C(=O)O)CCC2)cc1. The van der Waals surface area contributed by atoms with E-state index in [2.05, 4.69) is 5.32 Å². The van der Waals surface area contributed by atoms with Gasteiger partial charge in [0, 0.05) is 13.6 Å². The van der Waals surface area contributed by atoms with Crippen LogP contribution in [0.4, 0.5) is 4.79 Å². The Morgan fingerprint density at radius 3 is 2.35 bits per heavy atom. The summed E-state index contributed by atoms with van der Waals surface area (Å²) in [5, 5.41) is 11.8. The second kappa shape index (κ2) is 5.53. The zero-order chi connectivity index (χ0) is 14.8. The maximum Gasteiger partial charge on any atom is 0.329 e. The fourth-order valence-corrected chi connectivity index (χ4v) is 2.26. The highest BCUT2D eigenvalue weighted by Gasteiger charge is 2.46. The molecule has 1 fully saturated rings. The van der Waals surface area contributed by atoms with Gasteiger partial charge in [-0.15, -0.1) is 0 Å². The lowest BCUT2D eigenvalue weighted by Gasteiger charge is -2.39. The standard InChI is InChI=1S/C15H20N2O3/c1-11-4-6-12(7-5-11)10-17(2)14(20)16-15(13(18)19)8-3-9-15/h4-7H,3,8-10H2,1-2H3,(H,16,20)(H,18,19). The number of rotatable bonds is 4. The summed E-state index contributed by atoms with van der Waals surface area (Å²) < 4.78 is 0. The Balaban J connectivity index is 1.95. The molecule has 1 aromatic rings. The highest BCUT2D eigenvalue weighted by Crippen LogP contribution is 2.32. The van der Waals surface area contributed by atoms with Crippen LogP contribution in [0, 0.1) is 6.92 Å². The minimum absolute atomic E-state index is 0.340. The molecular formula is C15H20N2O3. The van der Waals surface area contributed by atoms with Crippen molar-refractivity contribution >= 4 is 12.0 Å². The number of carbonyl (C=O) groups excluding carboxylic acids is 1. The molecule has 0 heterocycles. The first kappa shape index (κ1) is 14.4. The molecule has 1 aliphatic rings. The zero-order valence-electron chi connectivity index (χ0n) is 11.8. The van der Waals surface area contributed by atoms with E-state index in [4.69, 9.17) is 0 Å². The zero-order valence-corrected chi connectivity index (χ0v) is 11.8. The summed E-state index contributed by atoms with van der Waals surface area (Å²) in [7, 11) is 1.67. The first-order chi connectivity index (χ1) is 9.43. The molecule has 1 aromatic carbocycles. The molecule has 0 aliphatic heterocycles. The minimum Gasteiger partial charge on any atom is -0.480 e. The van der Waals surface area contributed by atoms with Crippen LogP contribution < -0.4 is 5.32 Å². The number of nitrogens with one attached hydrogen (secondary N) is 1. The normalized spacial score (nSPS) is 16.1. The molecule has 5 heteroatoms. The molecule has 0 atom stereocenters.